The van der Waals surface area contributed by atoms with Crippen LogP contribution in [0.5, 0.6) is 0 Å². The minimum Gasteiger partial charge on any atom is -0.464 e. The molecule has 0 amide bonds. The van der Waals surface area contributed by atoms with E-state index in [2.05, 4.69) is 14.7 Å². The van der Waals surface area contributed by atoms with E-state index in [0.29, 0.717) is 11.5 Å². The number of carbonyl (C=O) groups excluding carboxylic acids is 1. The highest BCUT2D eigenvalue weighted by molar-refractivity contribution is 5.88. The van der Waals surface area contributed by atoms with Crippen molar-refractivity contribution in [1.82, 2.24) is 14.5 Å². The molecule has 94 valence electrons. The van der Waals surface area contributed by atoms with Crippen molar-refractivity contribution >= 4 is 11.7 Å². The Morgan fingerprint density at radius 1 is 1.50 bits per heavy atom. The summed E-state index contributed by atoms with van der Waals surface area (Å²) in [4.78, 5) is 19.9. The van der Waals surface area contributed by atoms with Gasteiger partial charge >= 0.3 is 5.97 Å². The fraction of sp³-hybridized carbons (Fsp3) is 0.250. The third-order valence-corrected chi connectivity index (χ3v) is 2.56. The molecule has 0 bridgehead atoms. The molecule has 0 unspecified atom stereocenters. The van der Waals surface area contributed by atoms with E-state index < -0.39 is 5.97 Å². The maximum Gasteiger partial charge on any atom is 0.356 e. The van der Waals surface area contributed by atoms with E-state index in [1.54, 1.807) is 23.0 Å². The van der Waals surface area contributed by atoms with Gasteiger partial charge in [-0.3, -0.25) is 4.57 Å². The molecule has 6 nitrogen and oxygen atoms in total. The Bertz CT molecular complexity index is 577. The van der Waals surface area contributed by atoms with Gasteiger partial charge in [0.1, 0.15) is 5.82 Å². The number of aryl methyl sites for hydroxylation is 1. The van der Waals surface area contributed by atoms with Crippen molar-refractivity contribution in [1.29, 1.82) is 0 Å². The molecule has 0 fully saturated rings. The van der Waals surface area contributed by atoms with Crippen molar-refractivity contribution in [2.24, 2.45) is 0 Å². The third kappa shape index (κ3) is 2.04. The average Bonchev–Trinajstić information content (AvgIpc) is 2.86. The summed E-state index contributed by atoms with van der Waals surface area (Å²) in [6.07, 6.45) is 4.18. The van der Waals surface area contributed by atoms with Crippen molar-refractivity contribution < 1.29 is 9.53 Å². The number of carbonyl (C=O) groups is 1. The maximum absolute atomic E-state index is 11.5. The lowest BCUT2D eigenvalue weighted by molar-refractivity contribution is 0.0594. The quantitative estimate of drug-likeness (QED) is 0.823. The highest BCUT2D eigenvalue weighted by Crippen LogP contribution is 2.17. The van der Waals surface area contributed by atoms with Gasteiger partial charge in [0.15, 0.2) is 11.5 Å². The number of nitrogens with two attached hydrogens (primary N) is 1. The number of nitrogens with zero attached hydrogens (tertiary/aromatic N) is 3. The van der Waals surface area contributed by atoms with Gasteiger partial charge in [0.05, 0.1) is 12.8 Å². The van der Waals surface area contributed by atoms with E-state index in [1.165, 1.54) is 13.2 Å². The normalized spacial score (nSPS) is 10.3. The number of esters is 1. The fourth-order valence-corrected chi connectivity index (χ4v) is 1.66. The Morgan fingerprint density at radius 3 is 2.94 bits per heavy atom. The summed E-state index contributed by atoms with van der Waals surface area (Å²) in [6, 6.07) is 3.17. The van der Waals surface area contributed by atoms with Crippen molar-refractivity contribution in [3.8, 4) is 5.82 Å². The summed E-state index contributed by atoms with van der Waals surface area (Å²) in [5.41, 5.74) is 6.58. The second-order valence-electron chi connectivity index (χ2n) is 3.67. The van der Waals surface area contributed by atoms with Crippen LogP contribution in [0.15, 0.2) is 24.5 Å². The van der Waals surface area contributed by atoms with Crippen molar-refractivity contribution in [3.63, 3.8) is 0 Å². The molecule has 0 radical (unpaired) electrons. The Balaban J connectivity index is 2.53. The first-order valence-electron chi connectivity index (χ1n) is 5.54. The Morgan fingerprint density at radius 2 is 2.28 bits per heavy atom. The second-order valence-corrected chi connectivity index (χ2v) is 3.67. The Hall–Kier alpha value is -2.37. The molecule has 0 spiro atoms. The number of hydrogen-bond donors (Lipinski definition) is 1. The number of pyridine rings is 1. The van der Waals surface area contributed by atoms with Gasteiger partial charge in [-0.05, 0) is 12.1 Å². The fourth-order valence-electron chi connectivity index (χ4n) is 1.66. The number of methoxy groups -OCH3 is 1. The molecule has 0 saturated carbocycles. The molecule has 2 rings (SSSR count). The van der Waals surface area contributed by atoms with Crippen LogP contribution in [0.1, 0.15) is 23.2 Å². The number of nitrogen functional groups attached to an aromatic ring is 1. The van der Waals surface area contributed by atoms with Gasteiger partial charge in [-0.1, -0.05) is 6.92 Å². The second kappa shape index (κ2) is 4.87. The SMILES string of the molecule is CCc1nccn1-c1nc(C(=O)OC)ccc1N. The van der Waals surface area contributed by atoms with Crippen LogP contribution < -0.4 is 5.73 Å². The molecule has 6 heteroatoms. The monoisotopic (exact) mass is 246 g/mol. The number of aromatic nitrogens is 3. The highest BCUT2D eigenvalue weighted by Gasteiger charge is 2.13. The van der Waals surface area contributed by atoms with Crippen LogP contribution in [0.4, 0.5) is 5.69 Å². The van der Waals surface area contributed by atoms with Crippen LogP contribution in [0.3, 0.4) is 0 Å². The number of hydrogen-bond acceptors (Lipinski definition) is 5. The first-order chi connectivity index (χ1) is 8.67. The third-order valence-electron chi connectivity index (χ3n) is 2.56. The molecule has 2 heterocycles. The van der Waals surface area contributed by atoms with Gasteiger partial charge in [-0.15, -0.1) is 0 Å². The van der Waals surface area contributed by atoms with Gasteiger partial charge in [0.2, 0.25) is 0 Å². The largest absolute Gasteiger partial charge is 0.464 e. The van der Waals surface area contributed by atoms with Gasteiger partial charge in [0.25, 0.3) is 0 Å². The molecular formula is C12H14N4O2. The Labute approximate surface area is 104 Å². The van der Waals surface area contributed by atoms with Gasteiger partial charge < -0.3 is 10.5 Å². The summed E-state index contributed by atoms with van der Waals surface area (Å²) in [5, 5.41) is 0. The van der Waals surface area contributed by atoms with Crippen LogP contribution >= 0.6 is 0 Å². The highest BCUT2D eigenvalue weighted by atomic mass is 16.5. The summed E-state index contributed by atoms with van der Waals surface area (Å²) in [6.45, 7) is 1.99. The standard InChI is InChI=1S/C12H14N4O2/c1-3-10-14-6-7-16(10)11-8(13)4-5-9(15-11)12(17)18-2/h4-7H,3,13H2,1-2H3. The van der Waals surface area contributed by atoms with Crippen molar-refractivity contribution in [3.05, 3.63) is 36.0 Å². The molecule has 0 aliphatic heterocycles. The zero-order valence-corrected chi connectivity index (χ0v) is 10.3. The van der Waals surface area contributed by atoms with Crippen LogP contribution in [-0.2, 0) is 11.2 Å². The van der Waals surface area contributed by atoms with Crippen LogP contribution in [-0.4, -0.2) is 27.6 Å². The van der Waals surface area contributed by atoms with E-state index in [9.17, 15) is 4.79 Å². The first kappa shape index (κ1) is 12.1. The van der Waals surface area contributed by atoms with Crippen molar-refractivity contribution in [2.45, 2.75) is 13.3 Å². The van der Waals surface area contributed by atoms with Gasteiger partial charge in [-0.25, -0.2) is 14.8 Å². The van der Waals surface area contributed by atoms with E-state index in [1.807, 2.05) is 6.92 Å². The van der Waals surface area contributed by atoms with Gasteiger partial charge in [-0.2, -0.15) is 0 Å². The topological polar surface area (TPSA) is 83.0 Å². The lowest BCUT2D eigenvalue weighted by Gasteiger charge is -2.09. The molecule has 0 atom stereocenters. The van der Waals surface area contributed by atoms with E-state index >= 15 is 0 Å². The minimum absolute atomic E-state index is 0.220. The molecule has 0 aliphatic rings. The number of ether oxygens (including phenoxy) is 1. The van der Waals surface area contributed by atoms with E-state index in [-0.39, 0.29) is 5.69 Å². The molecule has 18 heavy (non-hydrogen) atoms. The smallest absolute Gasteiger partial charge is 0.356 e. The summed E-state index contributed by atoms with van der Waals surface area (Å²) in [5.74, 6) is 0.831. The Kier molecular flexibility index (Phi) is 3.27. The average molecular weight is 246 g/mol. The predicted octanol–water partition coefficient (Wildman–Crippen LogP) is 1.20. The lowest BCUT2D eigenvalue weighted by atomic mass is 10.3. The van der Waals surface area contributed by atoms with Crippen LogP contribution in [0.2, 0.25) is 0 Å². The minimum atomic E-state index is -0.491. The summed E-state index contributed by atoms with van der Waals surface area (Å²) < 4.78 is 6.40. The zero-order valence-electron chi connectivity index (χ0n) is 10.3. The first-order valence-corrected chi connectivity index (χ1v) is 5.54. The molecule has 0 saturated heterocycles. The zero-order chi connectivity index (χ0) is 13.1. The molecule has 0 aliphatic carbocycles. The van der Waals surface area contributed by atoms with E-state index in [4.69, 9.17) is 5.73 Å². The van der Waals surface area contributed by atoms with Crippen LogP contribution in [0.25, 0.3) is 5.82 Å². The molecule has 0 aromatic carbocycles. The number of imidazole rings is 1. The molecule has 2 aromatic rings. The molecule has 2 aromatic heterocycles. The maximum atomic E-state index is 11.5. The van der Waals surface area contributed by atoms with Gasteiger partial charge in [0, 0.05) is 18.8 Å². The summed E-state index contributed by atoms with van der Waals surface area (Å²) in [7, 11) is 1.31. The molecular weight excluding hydrogens is 232 g/mol. The lowest BCUT2D eigenvalue weighted by Crippen LogP contribution is -2.11. The van der Waals surface area contributed by atoms with Crippen LogP contribution in [0, 0.1) is 0 Å². The molecule has 2 N–H and O–H groups in total. The van der Waals surface area contributed by atoms with E-state index in [0.717, 1.165) is 12.2 Å². The van der Waals surface area contributed by atoms with Crippen molar-refractivity contribution in [2.75, 3.05) is 12.8 Å². The predicted molar refractivity (Wildman–Crippen MR) is 66.5 cm³/mol. The number of rotatable bonds is 3. The summed E-state index contributed by atoms with van der Waals surface area (Å²) >= 11 is 0. The number of anilines is 1.